The van der Waals surface area contributed by atoms with Gasteiger partial charge in [-0.25, -0.2) is 0 Å². The lowest BCUT2D eigenvalue weighted by molar-refractivity contribution is 0.105. The SMILES string of the molecule is CNCc1c(C)nn(C)c1N(C)C1CCCCC1O. The summed E-state index contributed by atoms with van der Waals surface area (Å²) >= 11 is 0. The Morgan fingerprint density at radius 1 is 1.42 bits per heavy atom. The summed E-state index contributed by atoms with van der Waals surface area (Å²) < 4.78 is 1.93. The minimum atomic E-state index is -0.226. The van der Waals surface area contributed by atoms with Crippen molar-refractivity contribution in [3.8, 4) is 0 Å². The van der Waals surface area contributed by atoms with E-state index in [1.54, 1.807) is 0 Å². The standard InChI is InChI=1S/C14H26N4O/c1-10-11(9-15-2)14(18(4)16-10)17(3)12-7-5-6-8-13(12)19/h12-13,15,19H,5-9H2,1-4H3. The van der Waals surface area contributed by atoms with E-state index in [-0.39, 0.29) is 12.1 Å². The molecule has 1 saturated carbocycles. The number of rotatable bonds is 4. The Bertz CT molecular complexity index is 429. The van der Waals surface area contributed by atoms with Crippen molar-refractivity contribution in [2.75, 3.05) is 19.0 Å². The van der Waals surface area contributed by atoms with E-state index in [1.165, 1.54) is 12.0 Å². The van der Waals surface area contributed by atoms with Crippen LogP contribution in [0.5, 0.6) is 0 Å². The zero-order valence-corrected chi connectivity index (χ0v) is 12.5. The highest BCUT2D eigenvalue weighted by molar-refractivity contribution is 5.50. The molecule has 0 amide bonds. The Morgan fingerprint density at radius 3 is 2.74 bits per heavy atom. The second-order valence-electron chi connectivity index (χ2n) is 5.57. The maximum Gasteiger partial charge on any atom is 0.131 e. The van der Waals surface area contributed by atoms with Crippen molar-refractivity contribution < 1.29 is 5.11 Å². The van der Waals surface area contributed by atoms with Gasteiger partial charge in [0.25, 0.3) is 0 Å². The fraction of sp³-hybridized carbons (Fsp3) is 0.786. The zero-order valence-electron chi connectivity index (χ0n) is 12.5. The van der Waals surface area contributed by atoms with Gasteiger partial charge in [-0.1, -0.05) is 12.8 Å². The summed E-state index contributed by atoms with van der Waals surface area (Å²) in [6.07, 6.45) is 4.08. The predicted octanol–water partition coefficient (Wildman–Crippen LogP) is 1.19. The topological polar surface area (TPSA) is 53.3 Å². The van der Waals surface area contributed by atoms with Crippen molar-refractivity contribution in [2.45, 2.75) is 51.3 Å². The van der Waals surface area contributed by atoms with Gasteiger partial charge in [0.15, 0.2) is 0 Å². The molecule has 5 nitrogen and oxygen atoms in total. The molecule has 0 bridgehead atoms. The van der Waals surface area contributed by atoms with E-state index < -0.39 is 0 Å². The van der Waals surface area contributed by atoms with Gasteiger partial charge < -0.3 is 15.3 Å². The first-order chi connectivity index (χ1) is 9.06. The van der Waals surface area contributed by atoms with Crippen molar-refractivity contribution in [1.29, 1.82) is 0 Å². The van der Waals surface area contributed by atoms with E-state index in [1.807, 2.05) is 25.7 Å². The Kier molecular flexibility index (Phi) is 4.47. The summed E-state index contributed by atoms with van der Waals surface area (Å²) in [5, 5.41) is 18.0. The molecule has 1 fully saturated rings. The number of aliphatic hydroxyl groups is 1. The van der Waals surface area contributed by atoms with Gasteiger partial charge in [0, 0.05) is 26.2 Å². The van der Waals surface area contributed by atoms with Crippen LogP contribution in [0.25, 0.3) is 0 Å². The normalized spacial score (nSPS) is 23.6. The van der Waals surface area contributed by atoms with Gasteiger partial charge in [-0.3, -0.25) is 4.68 Å². The van der Waals surface area contributed by atoms with Gasteiger partial charge in [-0.05, 0) is 26.8 Å². The zero-order chi connectivity index (χ0) is 14.0. The van der Waals surface area contributed by atoms with Crippen LogP contribution in [0.15, 0.2) is 0 Å². The largest absolute Gasteiger partial charge is 0.391 e. The molecule has 1 aliphatic carbocycles. The molecule has 0 aliphatic heterocycles. The lowest BCUT2D eigenvalue weighted by Crippen LogP contribution is -2.44. The van der Waals surface area contributed by atoms with Crippen molar-refractivity contribution in [2.24, 2.45) is 7.05 Å². The van der Waals surface area contributed by atoms with Gasteiger partial charge in [0.1, 0.15) is 5.82 Å². The van der Waals surface area contributed by atoms with Crippen LogP contribution in [-0.4, -0.2) is 41.1 Å². The van der Waals surface area contributed by atoms with Crippen LogP contribution in [0.1, 0.15) is 36.9 Å². The number of aromatic nitrogens is 2. The maximum absolute atomic E-state index is 10.2. The van der Waals surface area contributed by atoms with Gasteiger partial charge in [0.2, 0.25) is 0 Å². The fourth-order valence-corrected chi connectivity index (χ4v) is 3.22. The third kappa shape index (κ3) is 2.77. The molecule has 2 rings (SSSR count). The number of hydrogen-bond acceptors (Lipinski definition) is 4. The molecule has 1 aromatic heterocycles. The molecule has 2 N–H and O–H groups in total. The average Bonchev–Trinajstić information content (AvgIpc) is 2.65. The van der Waals surface area contributed by atoms with Gasteiger partial charge >= 0.3 is 0 Å². The molecular formula is C14H26N4O. The molecule has 108 valence electrons. The lowest BCUT2D eigenvalue weighted by Gasteiger charge is -2.36. The van der Waals surface area contributed by atoms with Crippen LogP contribution in [-0.2, 0) is 13.6 Å². The predicted molar refractivity (Wildman–Crippen MR) is 77.4 cm³/mol. The van der Waals surface area contributed by atoms with Crippen molar-refractivity contribution in [3.05, 3.63) is 11.3 Å². The summed E-state index contributed by atoms with van der Waals surface area (Å²) in [5.41, 5.74) is 2.29. The number of aliphatic hydroxyl groups excluding tert-OH is 1. The smallest absolute Gasteiger partial charge is 0.131 e. The van der Waals surface area contributed by atoms with Crippen molar-refractivity contribution >= 4 is 5.82 Å². The summed E-state index contributed by atoms with van der Waals surface area (Å²) in [5.74, 6) is 1.12. The second kappa shape index (κ2) is 5.92. The summed E-state index contributed by atoms with van der Waals surface area (Å²) in [6.45, 7) is 2.85. The second-order valence-corrected chi connectivity index (χ2v) is 5.57. The Hall–Kier alpha value is -1.07. The van der Waals surface area contributed by atoms with Gasteiger partial charge in [-0.2, -0.15) is 5.10 Å². The van der Waals surface area contributed by atoms with E-state index in [0.717, 1.165) is 37.3 Å². The number of anilines is 1. The molecule has 0 aromatic carbocycles. The number of aryl methyl sites for hydroxylation is 2. The van der Waals surface area contributed by atoms with E-state index in [0.29, 0.717) is 0 Å². The Morgan fingerprint density at radius 2 is 2.11 bits per heavy atom. The number of nitrogens with zero attached hydrogens (tertiary/aromatic N) is 3. The first-order valence-corrected chi connectivity index (χ1v) is 7.14. The Balaban J connectivity index is 2.29. The first-order valence-electron chi connectivity index (χ1n) is 7.14. The van der Waals surface area contributed by atoms with Crippen LogP contribution in [0.2, 0.25) is 0 Å². The van der Waals surface area contributed by atoms with Gasteiger partial charge in [0.05, 0.1) is 17.8 Å². The van der Waals surface area contributed by atoms with Crippen LogP contribution >= 0.6 is 0 Å². The summed E-state index contributed by atoms with van der Waals surface area (Å²) in [4.78, 5) is 2.22. The maximum atomic E-state index is 10.2. The summed E-state index contributed by atoms with van der Waals surface area (Å²) in [6, 6.07) is 0.208. The van der Waals surface area contributed by atoms with E-state index in [4.69, 9.17) is 0 Å². The first kappa shape index (κ1) is 14.3. The average molecular weight is 266 g/mol. The van der Waals surface area contributed by atoms with E-state index in [2.05, 4.69) is 22.4 Å². The van der Waals surface area contributed by atoms with Gasteiger partial charge in [-0.15, -0.1) is 0 Å². The quantitative estimate of drug-likeness (QED) is 0.859. The highest BCUT2D eigenvalue weighted by Gasteiger charge is 2.29. The van der Waals surface area contributed by atoms with Crippen LogP contribution in [0, 0.1) is 6.92 Å². The molecule has 0 radical (unpaired) electrons. The third-order valence-corrected chi connectivity index (χ3v) is 4.19. The van der Waals surface area contributed by atoms with E-state index >= 15 is 0 Å². The molecule has 19 heavy (non-hydrogen) atoms. The monoisotopic (exact) mass is 266 g/mol. The van der Waals surface area contributed by atoms with Crippen molar-refractivity contribution in [1.82, 2.24) is 15.1 Å². The lowest BCUT2D eigenvalue weighted by atomic mass is 9.91. The highest BCUT2D eigenvalue weighted by atomic mass is 16.3. The third-order valence-electron chi connectivity index (χ3n) is 4.19. The molecule has 5 heteroatoms. The molecule has 1 heterocycles. The number of likely N-dealkylation sites (N-methyl/N-ethyl adjacent to an activating group) is 1. The molecule has 0 spiro atoms. The van der Waals surface area contributed by atoms with Crippen LogP contribution < -0.4 is 10.2 Å². The fourth-order valence-electron chi connectivity index (χ4n) is 3.22. The highest BCUT2D eigenvalue weighted by Crippen LogP contribution is 2.29. The molecule has 0 saturated heterocycles. The van der Waals surface area contributed by atoms with Crippen molar-refractivity contribution in [3.63, 3.8) is 0 Å². The molecule has 2 unspecified atom stereocenters. The minimum absolute atomic E-state index is 0.208. The number of nitrogens with one attached hydrogen (secondary N) is 1. The molecule has 1 aliphatic rings. The van der Waals surface area contributed by atoms with Crippen LogP contribution in [0.3, 0.4) is 0 Å². The summed E-state index contributed by atoms with van der Waals surface area (Å²) in [7, 11) is 6.01. The molecule has 1 aromatic rings. The Labute approximate surface area is 115 Å². The minimum Gasteiger partial charge on any atom is -0.391 e. The van der Waals surface area contributed by atoms with Crippen LogP contribution in [0.4, 0.5) is 5.82 Å². The molecule has 2 atom stereocenters. The number of hydrogen-bond donors (Lipinski definition) is 2. The van der Waals surface area contributed by atoms with E-state index in [9.17, 15) is 5.11 Å². The molecular weight excluding hydrogens is 240 g/mol.